The second-order valence-corrected chi connectivity index (χ2v) is 5.85. The standard InChI is InChI=1S/C16H19FN4O/c1-21-10-12(9-20-21)8-18-15(22)19-11-16(6-7-16)13-2-4-14(17)5-3-13/h2-5,9-10H,6-8,11H2,1H3,(H2,18,19,22). The average molecular weight is 302 g/mol. The lowest BCUT2D eigenvalue weighted by Crippen LogP contribution is -2.39. The van der Waals surface area contributed by atoms with Crippen LogP contribution in [0.25, 0.3) is 0 Å². The Morgan fingerprint density at radius 2 is 2.05 bits per heavy atom. The molecule has 1 aromatic carbocycles. The summed E-state index contributed by atoms with van der Waals surface area (Å²) in [5, 5.41) is 9.77. The average Bonchev–Trinajstić information content (AvgIpc) is 3.19. The number of nitrogens with one attached hydrogen (secondary N) is 2. The molecule has 1 fully saturated rings. The Balaban J connectivity index is 1.49. The summed E-state index contributed by atoms with van der Waals surface area (Å²) >= 11 is 0. The zero-order chi connectivity index (χ0) is 15.6. The second-order valence-electron chi connectivity index (χ2n) is 5.85. The molecule has 3 rings (SSSR count). The summed E-state index contributed by atoms with van der Waals surface area (Å²) in [5.74, 6) is -0.235. The molecule has 0 atom stereocenters. The minimum absolute atomic E-state index is 0.0284. The van der Waals surface area contributed by atoms with E-state index in [1.165, 1.54) is 12.1 Å². The Morgan fingerprint density at radius 3 is 2.64 bits per heavy atom. The van der Waals surface area contributed by atoms with E-state index in [0.29, 0.717) is 13.1 Å². The monoisotopic (exact) mass is 302 g/mol. The molecule has 0 unspecified atom stereocenters. The maximum atomic E-state index is 13.0. The lowest BCUT2D eigenvalue weighted by molar-refractivity contribution is 0.239. The van der Waals surface area contributed by atoms with E-state index < -0.39 is 0 Å². The summed E-state index contributed by atoms with van der Waals surface area (Å²) in [7, 11) is 1.84. The fourth-order valence-electron chi connectivity index (χ4n) is 2.58. The summed E-state index contributed by atoms with van der Waals surface area (Å²) in [5.41, 5.74) is 2.01. The summed E-state index contributed by atoms with van der Waals surface area (Å²) in [6, 6.07) is 6.35. The van der Waals surface area contributed by atoms with Crippen LogP contribution in [0.15, 0.2) is 36.7 Å². The first-order chi connectivity index (χ1) is 10.6. The number of rotatable bonds is 5. The van der Waals surface area contributed by atoms with Crippen molar-refractivity contribution < 1.29 is 9.18 Å². The lowest BCUT2D eigenvalue weighted by atomic mass is 9.96. The number of halogens is 1. The highest BCUT2D eigenvalue weighted by atomic mass is 19.1. The van der Waals surface area contributed by atoms with Gasteiger partial charge in [0.05, 0.1) is 6.20 Å². The van der Waals surface area contributed by atoms with Crippen molar-refractivity contribution >= 4 is 6.03 Å². The van der Waals surface area contributed by atoms with Crippen LogP contribution in [0.1, 0.15) is 24.0 Å². The van der Waals surface area contributed by atoms with Gasteiger partial charge in [-0.25, -0.2) is 9.18 Å². The Bertz CT molecular complexity index is 661. The highest BCUT2D eigenvalue weighted by molar-refractivity contribution is 5.74. The number of urea groups is 1. The first kappa shape index (κ1) is 14.6. The second kappa shape index (κ2) is 5.79. The molecule has 0 aliphatic heterocycles. The maximum absolute atomic E-state index is 13.0. The normalized spacial score (nSPS) is 15.4. The van der Waals surface area contributed by atoms with Gasteiger partial charge in [0.25, 0.3) is 0 Å². The molecule has 116 valence electrons. The highest BCUT2D eigenvalue weighted by Crippen LogP contribution is 2.47. The van der Waals surface area contributed by atoms with Crippen LogP contribution in [0.3, 0.4) is 0 Å². The van der Waals surface area contributed by atoms with Crippen LogP contribution in [0.2, 0.25) is 0 Å². The van der Waals surface area contributed by atoms with Crippen molar-refractivity contribution in [1.82, 2.24) is 20.4 Å². The third-order valence-corrected chi connectivity index (χ3v) is 4.11. The number of aryl methyl sites for hydroxylation is 1. The van der Waals surface area contributed by atoms with E-state index >= 15 is 0 Å². The largest absolute Gasteiger partial charge is 0.337 e. The minimum atomic E-state index is -0.235. The van der Waals surface area contributed by atoms with Crippen molar-refractivity contribution in [2.75, 3.05) is 6.54 Å². The summed E-state index contributed by atoms with van der Waals surface area (Å²) < 4.78 is 14.7. The molecule has 2 amide bonds. The van der Waals surface area contributed by atoms with E-state index in [4.69, 9.17) is 0 Å². The smallest absolute Gasteiger partial charge is 0.315 e. The van der Waals surface area contributed by atoms with Gasteiger partial charge in [-0.05, 0) is 30.5 Å². The van der Waals surface area contributed by atoms with E-state index in [0.717, 1.165) is 24.0 Å². The van der Waals surface area contributed by atoms with Crippen LogP contribution in [0, 0.1) is 5.82 Å². The van der Waals surface area contributed by atoms with Crippen LogP contribution in [-0.2, 0) is 19.0 Å². The summed E-state index contributed by atoms with van der Waals surface area (Å²) in [4.78, 5) is 11.9. The molecule has 1 heterocycles. The SMILES string of the molecule is Cn1cc(CNC(=O)NCC2(c3ccc(F)cc3)CC2)cn1. The van der Waals surface area contributed by atoms with Gasteiger partial charge >= 0.3 is 6.03 Å². The van der Waals surface area contributed by atoms with Crippen LogP contribution in [0.5, 0.6) is 0 Å². The number of amides is 2. The Morgan fingerprint density at radius 1 is 1.32 bits per heavy atom. The Hall–Kier alpha value is -2.37. The zero-order valence-corrected chi connectivity index (χ0v) is 12.5. The molecule has 1 aliphatic carbocycles. The first-order valence-electron chi connectivity index (χ1n) is 7.33. The number of carbonyl (C=O) groups excluding carboxylic acids is 1. The van der Waals surface area contributed by atoms with Gasteiger partial charge in [-0.1, -0.05) is 12.1 Å². The van der Waals surface area contributed by atoms with Gasteiger partial charge in [0, 0.05) is 37.3 Å². The third-order valence-electron chi connectivity index (χ3n) is 4.11. The van der Waals surface area contributed by atoms with Gasteiger partial charge in [-0.2, -0.15) is 5.10 Å². The van der Waals surface area contributed by atoms with Gasteiger partial charge in [0.15, 0.2) is 0 Å². The molecular weight excluding hydrogens is 283 g/mol. The number of hydrogen-bond acceptors (Lipinski definition) is 2. The fourth-order valence-corrected chi connectivity index (χ4v) is 2.58. The molecule has 1 aromatic heterocycles. The molecule has 0 saturated heterocycles. The predicted octanol–water partition coefficient (Wildman–Crippen LogP) is 2.09. The van der Waals surface area contributed by atoms with Crippen molar-refractivity contribution in [1.29, 1.82) is 0 Å². The van der Waals surface area contributed by atoms with E-state index in [2.05, 4.69) is 15.7 Å². The molecular formula is C16H19FN4O. The molecule has 0 radical (unpaired) electrons. The lowest BCUT2D eigenvalue weighted by Gasteiger charge is -2.17. The van der Waals surface area contributed by atoms with Gasteiger partial charge in [0.1, 0.15) is 5.82 Å². The van der Waals surface area contributed by atoms with Crippen molar-refractivity contribution in [2.24, 2.45) is 7.05 Å². The predicted molar refractivity (Wildman–Crippen MR) is 80.8 cm³/mol. The number of aromatic nitrogens is 2. The van der Waals surface area contributed by atoms with E-state index in [1.54, 1.807) is 23.0 Å². The van der Waals surface area contributed by atoms with E-state index in [-0.39, 0.29) is 17.3 Å². The molecule has 1 saturated carbocycles. The molecule has 5 nitrogen and oxygen atoms in total. The molecule has 0 bridgehead atoms. The molecule has 2 aromatic rings. The van der Waals surface area contributed by atoms with Gasteiger partial charge in [-0.15, -0.1) is 0 Å². The number of hydrogen-bond donors (Lipinski definition) is 2. The van der Waals surface area contributed by atoms with Crippen molar-refractivity contribution in [3.63, 3.8) is 0 Å². The van der Waals surface area contributed by atoms with E-state index in [9.17, 15) is 9.18 Å². The van der Waals surface area contributed by atoms with Crippen LogP contribution < -0.4 is 10.6 Å². The Labute approximate surface area is 128 Å². The fraction of sp³-hybridized carbons (Fsp3) is 0.375. The van der Waals surface area contributed by atoms with Crippen LogP contribution >= 0.6 is 0 Å². The first-order valence-corrected chi connectivity index (χ1v) is 7.33. The molecule has 22 heavy (non-hydrogen) atoms. The van der Waals surface area contributed by atoms with E-state index in [1.807, 2.05) is 13.2 Å². The van der Waals surface area contributed by atoms with Gasteiger partial charge in [0.2, 0.25) is 0 Å². The third kappa shape index (κ3) is 3.27. The topological polar surface area (TPSA) is 59.0 Å². The minimum Gasteiger partial charge on any atom is -0.337 e. The van der Waals surface area contributed by atoms with Crippen molar-refractivity contribution in [3.8, 4) is 0 Å². The Kier molecular flexibility index (Phi) is 3.83. The van der Waals surface area contributed by atoms with Crippen LogP contribution in [0.4, 0.5) is 9.18 Å². The van der Waals surface area contributed by atoms with Gasteiger partial charge in [-0.3, -0.25) is 4.68 Å². The zero-order valence-electron chi connectivity index (χ0n) is 12.5. The summed E-state index contributed by atoms with van der Waals surface area (Å²) in [6.45, 7) is 1.01. The number of nitrogens with zero attached hydrogens (tertiary/aromatic N) is 2. The van der Waals surface area contributed by atoms with Crippen molar-refractivity contribution in [3.05, 3.63) is 53.6 Å². The molecule has 1 aliphatic rings. The van der Waals surface area contributed by atoms with Crippen molar-refractivity contribution in [2.45, 2.75) is 24.8 Å². The van der Waals surface area contributed by atoms with Gasteiger partial charge < -0.3 is 10.6 Å². The number of benzene rings is 1. The number of carbonyl (C=O) groups is 1. The molecule has 0 spiro atoms. The quantitative estimate of drug-likeness (QED) is 0.888. The summed E-state index contributed by atoms with van der Waals surface area (Å²) in [6.07, 6.45) is 5.62. The molecule has 2 N–H and O–H groups in total. The van der Waals surface area contributed by atoms with Crippen LogP contribution in [-0.4, -0.2) is 22.4 Å². The molecule has 6 heteroatoms. The maximum Gasteiger partial charge on any atom is 0.315 e. The highest BCUT2D eigenvalue weighted by Gasteiger charge is 2.44.